The van der Waals surface area contributed by atoms with Gasteiger partial charge in [-0.2, -0.15) is 5.10 Å². The molecular formula is C14H22N4O2. The van der Waals surface area contributed by atoms with Gasteiger partial charge in [0.2, 0.25) is 5.91 Å². The van der Waals surface area contributed by atoms with Crippen molar-refractivity contribution < 1.29 is 9.59 Å². The number of rotatable bonds is 4. The van der Waals surface area contributed by atoms with Crippen LogP contribution in [0.25, 0.3) is 0 Å². The van der Waals surface area contributed by atoms with Crippen LogP contribution in [0, 0.1) is 0 Å². The van der Waals surface area contributed by atoms with Crippen LogP contribution in [0.5, 0.6) is 0 Å². The summed E-state index contributed by atoms with van der Waals surface area (Å²) >= 11 is 0. The van der Waals surface area contributed by atoms with Gasteiger partial charge in [0.1, 0.15) is 0 Å². The summed E-state index contributed by atoms with van der Waals surface area (Å²) in [6.45, 7) is 0.108. The van der Waals surface area contributed by atoms with Gasteiger partial charge in [-0.25, -0.2) is 0 Å². The average Bonchev–Trinajstić information content (AvgIpc) is 3.00. The van der Waals surface area contributed by atoms with Crippen LogP contribution in [0.15, 0.2) is 12.4 Å². The molecule has 6 heteroatoms. The van der Waals surface area contributed by atoms with E-state index in [1.807, 2.05) is 7.05 Å². The highest BCUT2D eigenvalue weighted by molar-refractivity contribution is 5.95. The summed E-state index contributed by atoms with van der Waals surface area (Å²) in [5, 5.41) is 6.35. The van der Waals surface area contributed by atoms with E-state index in [0.29, 0.717) is 11.6 Å². The first-order valence-electron chi connectivity index (χ1n) is 7.09. The van der Waals surface area contributed by atoms with Gasteiger partial charge in [-0.3, -0.25) is 14.7 Å². The number of H-pyrrole nitrogens is 1. The van der Waals surface area contributed by atoms with Gasteiger partial charge in [-0.15, -0.1) is 0 Å². The molecule has 1 aromatic rings. The second kappa shape index (κ2) is 6.54. The monoisotopic (exact) mass is 278 g/mol. The Bertz CT molecular complexity index is 452. The minimum Gasteiger partial charge on any atom is -0.341 e. The predicted octanol–water partition coefficient (Wildman–Crippen LogP) is 1.27. The van der Waals surface area contributed by atoms with Crippen molar-refractivity contribution in [2.24, 2.45) is 0 Å². The van der Waals surface area contributed by atoms with E-state index in [0.717, 1.165) is 12.8 Å². The lowest BCUT2D eigenvalue weighted by Crippen LogP contribution is -2.44. The zero-order valence-corrected chi connectivity index (χ0v) is 12.1. The second-order valence-electron chi connectivity index (χ2n) is 5.44. The number of carbonyl (C=O) groups is 2. The normalized spacial score (nSPS) is 15.9. The van der Waals surface area contributed by atoms with Crippen molar-refractivity contribution >= 4 is 11.8 Å². The number of carbonyl (C=O) groups excluding carboxylic acids is 2. The Morgan fingerprint density at radius 2 is 2.00 bits per heavy atom. The van der Waals surface area contributed by atoms with Crippen molar-refractivity contribution in [2.45, 2.75) is 38.1 Å². The van der Waals surface area contributed by atoms with E-state index in [2.05, 4.69) is 10.2 Å². The number of hydrogen-bond donors (Lipinski definition) is 1. The van der Waals surface area contributed by atoms with Crippen LogP contribution in [0.1, 0.15) is 42.5 Å². The largest absolute Gasteiger partial charge is 0.341 e. The number of amides is 2. The highest BCUT2D eigenvalue weighted by atomic mass is 16.2. The number of aromatic nitrogens is 2. The summed E-state index contributed by atoms with van der Waals surface area (Å²) in [6.07, 6.45) is 8.78. The van der Waals surface area contributed by atoms with E-state index in [1.165, 1.54) is 36.6 Å². The first-order chi connectivity index (χ1) is 9.59. The van der Waals surface area contributed by atoms with Gasteiger partial charge in [0.05, 0.1) is 18.3 Å². The zero-order chi connectivity index (χ0) is 14.5. The molecule has 1 fully saturated rings. The summed E-state index contributed by atoms with van der Waals surface area (Å²) in [7, 11) is 3.48. The van der Waals surface area contributed by atoms with Crippen LogP contribution in [0.4, 0.5) is 0 Å². The molecule has 1 N–H and O–H groups in total. The zero-order valence-electron chi connectivity index (χ0n) is 12.1. The Hall–Kier alpha value is -1.85. The molecule has 1 saturated carbocycles. The van der Waals surface area contributed by atoms with E-state index in [1.54, 1.807) is 11.9 Å². The number of hydrogen-bond acceptors (Lipinski definition) is 3. The van der Waals surface area contributed by atoms with Crippen LogP contribution in [-0.4, -0.2) is 58.5 Å². The first kappa shape index (κ1) is 14.6. The van der Waals surface area contributed by atoms with Gasteiger partial charge in [-0.1, -0.05) is 19.3 Å². The maximum atomic E-state index is 12.2. The Kier molecular flexibility index (Phi) is 4.76. The molecule has 0 unspecified atom stereocenters. The molecule has 110 valence electrons. The van der Waals surface area contributed by atoms with Gasteiger partial charge >= 0.3 is 0 Å². The topological polar surface area (TPSA) is 69.3 Å². The molecule has 1 heterocycles. The molecule has 6 nitrogen and oxygen atoms in total. The maximum Gasteiger partial charge on any atom is 0.257 e. The van der Waals surface area contributed by atoms with Gasteiger partial charge in [0.15, 0.2) is 0 Å². The Morgan fingerprint density at radius 3 is 2.60 bits per heavy atom. The van der Waals surface area contributed by atoms with E-state index in [-0.39, 0.29) is 18.4 Å². The van der Waals surface area contributed by atoms with E-state index in [9.17, 15) is 9.59 Å². The lowest BCUT2D eigenvalue weighted by Gasteiger charge is -2.32. The van der Waals surface area contributed by atoms with E-state index < -0.39 is 0 Å². The standard InChI is InChI=1S/C14H22N4O2/c1-17(14(20)11-8-15-16-9-11)10-13(19)18(2)12-6-4-3-5-7-12/h8-9,12H,3-7,10H2,1-2H3,(H,15,16). The molecule has 2 rings (SSSR count). The number of nitrogens with one attached hydrogen (secondary N) is 1. The molecule has 0 aliphatic heterocycles. The Morgan fingerprint density at radius 1 is 1.30 bits per heavy atom. The maximum absolute atomic E-state index is 12.2. The summed E-state index contributed by atoms with van der Waals surface area (Å²) < 4.78 is 0. The van der Waals surface area contributed by atoms with Gasteiger partial charge < -0.3 is 9.80 Å². The van der Waals surface area contributed by atoms with Crippen molar-refractivity contribution in [3.8, 4) is 0 Å². The summed E-state index contributed by atoms with van der Waals surface area (Å²) in [4.78, 5) is 27.5. The first-order valence-corrected chi connectivity index (χ1v) is 7.09. The minimum atomic E-state index is -0.191. The molecule has 0 bridgehead atoms. The lowest BCUT2D eigenvalue weighted by atomic mass is 9.94. The smallest absolute Gasteiger partial charge is 0.257 e. The summed E-state index contributed by atoms with van der Waals surface area (Å²) in [6, 6.07) is 0.327. The molecule has 2 amide bonds. The molecule has 0 spiro atoms. The predicted molar refractivity (Wildman–Crippen MR) is 75.2 cm³/mol. The lowest BCUT2D eigenvalue weighted by molar-refractivity contribution is -0.133. The minimum absolute atomic E-state index is 0.00348. The fraction of sp³-hybridized carbons (Fsp3) is 0.643. The third-order valence-corrected chi connectivity index (χ3v) is 3.98. The third-order valence-electron chi connectivity index (χ3n) is 3.98. The SMILES string of the molecule is CN(CC(=O)N(C)C1CCCCC1)C(=O)c1cn[nH]c1. The van der Waals surface area contributed by atoms with Crippen molar-refractivity contribution in [1.82, 2.24) is 20.0 Å². The van der Waals surface area contributed by atoms with Crippen LogP contribution in [0.3, 0.4) is 0 Å². The van der Waals surface area contributed by atoms with Crippen LogP contribution >= 0.6 is 0 Å². The summed E-state index contributed by atoms with van der Waals surface area (Å²) in [5.41, 5.74) is 0.473. The van der Waals surface area contributed by atoms with Crippen molar-refractivity contribution in [3.05, 3.63) is 18.0 Å². The van der Waals surface area contributed by atoms with Crippen LogP contribution in [-0.2, 0) is 4.79 Å². The quantitative estimate of drug-likeness (QED) is 0.901. The molecule has 0 saturated heterocycles. The number of likely N-dealkylation sites (N-methyl/N-ethyl adjacent to an activating group) is 2. The number of aromatic amines is 1. The molecule has 0 atom stereocenters. The molecule has 0 aromatic carbocycles. The third kappa shape index (κ3) is 3.37. The number of nitrogens with zero attached hydrogens (tertiary/aromatic N) is 3. The highest BCUT2D eigenvalue weighted by Gasteiger charge is 2.24. The molecular weight excluding hydrogens is 256 g/mol. The molecule has 1 aliphatic rings. The fourth-order valence-corrected chi connectivity index (χ4v) is 2.65. The molecule has 1 aromatic heterocycles. The van der Waals surface area contributed by atoms with Crippen molar-refractivity contribution in [2.75, 3.05) is 20.6 Å². The Labute approximate surface area is 119 Å². The Balaban J connectivity index is 1.88. The van der Waals surface area contributed by atoms with E-state index >= 15 is 0 Å². The van der Waals surface area contributed by atoms with Gasteiger partial charge in [0, 0.05) is 26.3 Å². The van der Waals surface area contributed by atoms with Crippen molar-refractivity contribution in [3.63, 3.8) is 0 Å². The van der Waals surface area contributed by atoms with Crippen LogP contribution in [0.2, 0.25) is 0 Å². The highest BCUT2D eigenvalue weighted by Crippen LogP contribution is 2.21. The van der Waals surface area contributed by atoms with E-state index in [4.69, 9.17) is 0 Å². The second-order valence-corrected chi connectivity index (χ2v) is 5.44. The molecule has 1 aliphatic carbocycles. The fourth-order valence-electron chi connectivity index (χ4n) is 2.65. The molecule has 20 heavy (non-hydrogen) atoms. The van der Waals surface area contributed by atoms with Crippen LogP contribution < -0.4 is 0 Å². The summed E-state index contributed by atoms with van der Waals surface area (Å²) in [5.74, 6) is -0.194. The van der Waals surface area contributed by atoms with Gasteiger partial charge in [0.25, 0.3) is 5.91 Å². The van der Waals surface area contributed by atoms with Crippen molar-refractivity contribution in [1.29, 1.82) is 0 Å². The average molecular weight is 278 g/mol. The molecule has 0 radical (unpaired) electrons. The van der Waals surface area contributed by atoms with Gasteiger partial charge in [-0.05, 0) is 12.8 Å².